The number of carbonyl (C=O) groups excluding carboxylic acids is 1. The quantitative estimate of drug-likeness (QED) is 0.842. The van der Waals surface area contributed by atoms with Gasteiger partial charge in [0.25, 0.3) is 0 Å². The van der Waals surface area contributed by atoms with E-state index >= 15 is 0 Å². The molecule has 0 atom stereocenters. The van der Waals surface area contributed by atoms with Crippen LogP contribution in [0.4, 0.5) is 0 Å². The van der Waals surface area contributed by atoms with Crippen LogP contribution in [0.15, 0.2) is 23.3 Å². The number of aryl methyl sites for hydroxylation is 1. The van der Waals surface area contributed by atoms with Gasteiger partial charge in [0.15, 0.2) is 0 Å². The fourth-order valence-corrected chi connectivity index (χ4v) is 3.41. The zero-order chi connectivity index (χ0) is 15.4. The van der Waals surface area contributed by atoms with Gasteiger partial charge in [0.1, 0.15) is 5.49 Å². The van der Waals surface area contributed by atoms with E-state index in [0.29, 0.717) is 19.3 Å². The van der Waals surface area contributed by atoms with Crippen molar-refractivity contribution >= 4 is 5.91 Å². The van der Waals surface area contributed by atoms with Crippen molar-refractivity contribution in [3.8, 4) is 0 Å². The summed E-state index contributed by atoms with van der Waals surface area (Å²) in [5.74, 6) is 0.250. The fraction of sp³-hybridized carbons (Fsp3) is 0.667. The maximum Gasteiger partial charge on any atom is 0.235 e. The summed E-state index contributed by atoms with van der Waals surface area (Å²) < 4.78 is 7.15. The standard InChI is InChI=1S/C18H26N2O2/c1-14-7-10-20(18(21)15-8-11-22-12-9-15)17(13-14)19-16-5-3-2-4-6-16/h7,10,13,15-16H,2-6,8-9,11-12H2,1H3. The van der Waals surface area contributed by atoms with Crippen molar-refractivity contribution in [2.45, 2.75) is 57.9 Å². The smallest absolute Gasteiger partial charge is 0.235 e. The Morgan fingerprint density at radius 2 is 1.91 bits per heavy atom. The maximum absolute atomic E-state index is 12.8. The molecule has 0 amide bonds. The van der Waals surface area contributed by atoms with Crippen molar-refractivity contribution in [2.75, 3.05) is 13.2 Å². The predicted molar refractivity (Wildman–Crippen MR) is 85.8 cm³/mol. The van der Waals surface area contributed by atoms with Crippen LogP contribution >= 0.6 is 0 Å². The van der Waals surface area contributed by atoms with Crippen LogP contribution in [0.2, 0.25) is 0 Å². The number of aromatic nitrogens is 1. The van der Waals surface area contributed by atoms with Gasteiger partial charge >= 0.3 is 0 Å². The van der Waals surface area contributed by atoms with Crippen molar-refractivity contribution < 1.29 is 9.53 Å². The first-order valence-corrected chi connectivity index (χ1v) is 8.59. The molecular weight excluding hydrogens is 276 g/mol. The van der Waals surface area contributed by atoms with Crippen molar-refractivity contribution in [2.24, 2.45) is 10.9 Å². The van der Waals surface area contributed by atoms with Crippen molar-refractivity contribution in [1.29, 1.82) is 0 Å². The summed E-state index contributed by atoms with van der Waals surface area (Å²) in [5, 5.41) is 0. The van der Waals surface area contributed by atoms with Gasteiger partial charge in [0.05, 0.1) is 6.04 Å². The molecule has 2 heterocycles. The number of ether oxygens (including phenoxy) is 1. The van der Waals surface area contributed by atoms with Crippen LogP contribution in [-0.4, -0.2) is 29.7 Å². The number of rotatable bonds is 2. The van der Waals surface area contributed by atoms with Gasteiger partial charge in [-0.2, -0.15) is 0 Å². The van der Waals surface area contributed by atoms with Gasteiger partial charge in [-0.05, 0) is 50.3 Å². The summed E-state index contributed by atoms with van der Waals surface area (Å²) in [5.41, 5.74) is 1.99. The van der Waals surface area contributed by atoms with E-state index in [9.17, 15) is 4.79 Å². The molecule has 0 bridgehead atoms. The highest BCUT2D eigenvalue weighted by Crippen LogP contribution is 2.20. The summed E-state index contributed by atoms with van der Waals surface area (Å²) in [6.45, 7) is 3.44. The largest absolute Gasteiger partial charge is 0.381 e. The van der Waals surface area contributed by atoms with Gasteiger partial charge in [-0.1, -0.05) is 19.3 Å². The minimum absolute atomic E-state index is 0.0711. The molecule has 3 rings (SSSR count). The van der Waals surface area contributed by atoms with Crippen LogP contribution < -0.4 is 5.49 Å². The fourth-order valence-electron chi connectivity index (χ4n) is 3.41. The van der Waals surface area contributed by atoms with E-state index in [1.807, 2.05) is 18.3 Å². The van der Waals surface area contributed by atoms with E-state index in [1.165, 1.54) is 19.3 Å². The summed E-state index contributed by atoms with van der Waals surface area (Å²) in [6, 6.07) is 4.42. The van der Waals surface area contributed by atoms with Crippen molar-refractivity contribution in [1.82, 2.24) is 4.57 Å². The molecule has 0 spiro atoms. The number of hydrogen-bond donors (Lipinski definition) is 0. The molecule has 2 aliphatic rings. The highest BCUT2D eigenvalue weighted by atomic mass is 16.5. The van der Waals surface area contributed by atoms with E-state index in [0.717, 1.165) is 36.7 Å². The monoisotopic (exact) mass is 302 g/mol. The van der Waals surface area contributed by atoms with Crippen molar-refractivity contribution in [3.63, 3.8) is 0 Å². The Labute approximate surface area is 132 Å². The lowest BCUT2D eigenvalue weighted by molar-refractivity contribution is 0.0482. The van der Waals surface area contributed by atoms with Crippen LogP contribution in [0.1, 0.15) is 55.3 Å². The lowest BCUT2D eigenvalue weighted by atomic mass is 9.96. The Hall–Kier alpha value is -1.42. The minimum atomic E-state index is 0.0711. The van der Waals surface area contributed by atoms with Crippen LogP contribution in [0.25, 0.3) is 0 Å². The Balaban J connectivity index is 1.89. The highest BCUT2D eigenvalue weighted by Gasteiger charge is 2.23. The highest BCUT2D eigenvalue weighted by molar-refractivity contribution is 5.81. The molecule has 1 aromatic heterocycles. The molecule has 1 aliphatic carbocycles. The first-order chi connectivity index (χ1) is 10.7. The topological polar surface area (TPSA) is 43.6 Å². The number of nitrogens with zero attached hydrogens (tertiary/aromatic N) is 2. The summed E-state index contributed by atoms with van der Waals surface area (Å²) >= 11 is 0. The lowest BCUT2D eigenvalue weighted by Crippen LogP contribution is -2.35. The second-order valence-electron chi connectivity index (χ2n) is 6.58. The van der Waals surface area contributed by atoms with Crippen LogP contribution in [0, 0.1) is 12.8 Å². The van der Waals surface area contributed by atoms with E-state index in [-0.39, 0.29) is 11.8 Å². The van der Waals surface area contributed by atoms with E-state index in [2.05, 4.69) is 6.92 Å². The third kappa shape index (κ3) is 3.67. The van der Waals surface area contributed by atoms with Gasteiger partial charge in [0.2, 0.25) is 5.91 Å². The molecule has 1 saturated carbocycles. The molecule has 0 radical (unpaired) electrons. The summed E-state index contributed by atoms with van der Waals surface area (Å²) in [6.07, 6.45) is 9.68. The van der Waals surface area contributed by atoms with Gasteiger partial charge < -0.3 is 4.74 Å². The summed E-state index contributed by atoms with van der Waals surface area (Å²) in [4.78, 5) is 17.7. The van der Waals surface area contributed by atoms with Crippen LogP contribution in [-0.2, 0) is 4.74 Å². The van der Waals surface area contributed by atoms with E-state index in [1.54, 1.807) is 4.57 Å². The van der Waals surface area contributed by atoms with Gasteiger partial charge in [0, 0.05) is 25.3 Å². The second-order valence-corrected chi connectivity index (χ2v) is 6.58. The Kier molecular flexibility index (Phi) is 5.08. The Bertz CT molecular complexity index is 579. The van der Waals surface area contributed by atoms with Gasteiger partial charge in [-0.25, -0.2) is 0 Å². The third-order valence-corrected chi connectivity index (χ3v) is 4.79. The molecule has 4 nitrogen and oxygen atoms in total. The number of hydrogen-bond acceptors (Lipinski definition) is 3. The van der Waals surface area contributed by atoms with Crippen LogP contribution in [0.5, 0.6) is 0 Å². The molecule has 4 heteroatoms. The number of carbonyl (C=O) groups is 1. The van der Waals surface area contributed by atoms with Gasteiger partial charge in [-0.3, -0.25) is 14.4 Å². The zero-order valence-electron chi connectivity index (χ0n) is 13.5. The first kappa shape index (κ1) is 15.5. The van der Waals surface area contributed by atoms with E-state index in [4.69, 9.17) is 9.73 Å². The minimum Gasteiger partial charge on any atom is -0.381 e. The molecule has 1 saturated heterocycles. The summed E-state index contributed by atoms with van der Waals surface area (Å²) in [7, 11) is 0. The zero-order valence-corrected chi connectivity index (χ0v) is 13.5. The Morgan fingerprint density at radius 1 is 1.18 bits per heavy atom. The first-order valence-electron chi connectivity index (χ1n) is 8.59. The average molecular weight is 302 g/mol. The molecule has 2 fully saturated rings. The SMILES string of the molecule is Cc1ccn(C(=O)C2CCOCC2)c(=NC2CCCCC2)c1. The molecule has 120 valence electrons. The molecule has 1 aliphatic heterocycles. The average Bonchev–Trinajstić information content (AvgIpc) is 2.56. The normalized spacial score (nSPS) is 22.0. The molecule has 22 heavy (non-hydrogen) atoms. The molecule has 0 aromatic carbocycles. The molecular formula is C18H26N2O2. The third-order valence-electron chi connectivity index (χ3n) is 4.79. The predicted octanol–water partition coefficient (Wildman–Crippen LogP) is 3.10. The lowest BCUT2D eigenvalue weighted by Gasteiger charge is -2.22. The molecule has 0 N–H and O–H groups in total. The Morgan fingerprint density at radius 3 is 2.64 bits per heavy atom. The molecule has 1 aromatic rings. The maximum atomic E-state index is 12.8. The van der Waals surface area contributed by atoms with E-state index < -0.39 is 0 Å². The van der Waals surface area contributed by atoms with Crippen LogP contribution in [0.3, 0.4) is 0 Å². The molecule has 0 unspecified atom stereocenters. The second kappa shape index (κ2) is 7.23. The number of pyridine rings is 1. The van der Waals surface area contributed by atoms with Crippen molar-refractivity contribution in [3.05, 3.63) is 29.4 Å². The van der Waals surface area contributed by atoms with Gasteiger partial charge in [-0.15, -0.1) is 0 Å².